The molecule has 1 aromatic rings. The monoisotopic (exact) mass is 288 g/mol. The molecule has 1 aliphatic carbocycles. The third-order valence-electron chi connectivity index (χ3n) is 3.91. The molecule has 4 nitrogen and oxygen atoms in total. The first-order valence-corrected chi connectivity index (χ1v) is 7.16. The molecular weight excluding hydrogens is 268 g/mol. The molecule has 1 fully saturated rings. The van der Waals surface area contributed by atoms with Crippen molar-refractivity contribution in [3.05, 3.63) is 48.6 Å². The maximum atomic E-state index is 12.4. The van der Waals surface area contributed by atoms with Crippen LogP contribution in [0.5, 0.6) is 0 Å². The Kier molecular flexibility index (Phi) is 4.46. The lowest BCUT2D eigenvalue weighted by Crippen LogP contribution is -2.33. The molecule has 2 rings (SSSR count). The van der Waals surface area contributed by atoms with E-state index in [1.807, 2.05) is 30.3 Å². The summed E-state index contributed by atoms with van der Waals surface area (Å²) >= 11 is 0. The Morgan fingerprint density at radius 2 is 1.67 bits per heavy atom. The molecular formula is C17H20O4. The van der Waals surface area contributed by atoms with Crippen LogP contribution in [0.2, 0.25) is 0 Å². The molecule has 0 heterocycles. The smallest absolute Gasteiger partial charge is 0.324 e. The van der Waals surface area contributed by atoms with E-state index in [1.165, 1.54) is 0 Å². The molecule has 0 radical (unpaired) electrons. The van der Waals surface area contributed by atoms with Crippen molar-refractivity contribution in [3.8, 4) is 0 Å². The maximum Gasteiger partial charge on any atom is 0.324 e. The number of benzene rings is 1. The average molecular weight is 288 g/mol. The van der Waals surface area contributed by atoms with E-state index in [1.54, 1.807) is 19.9 Å². The fourth-order valence-corrected chi connectivity index (χ4v) is 2.98. The molecule has 21 heavy (non-hydrogen) atoms. The zero-order chi connectivity index (χ0) is 15.5. The average Bonchev–Trinajstić information content (AvgIpc) is 3.19. The Balaban J connectivity index is 2.42. The number of rotatable bonds is 6. The molecule has 1 aliphatic rings. The van der Waals surface area contributed by atoms with Gasteiger partial charge in [-0.2, -0.15) is 0 Å². The second-order valence-electron chi connectivity index (χ2n) is 4.96. The van der Waals surface area contributed by atoms with E-state index >= 15 is 0 Å². The molecule has 0 aliphatic heterocycles. The van der Waals surface area contributed by atoms with Crippen molar-refractivity contribution < 1.29 is 19.1 Å². The SMILES string of the molecule is C=C[C@@H]1[C@@H](c2ccccc2)C1(C(=O)OCC)C(=O)OCC. The van der Waals surface area contributed by atoms with Crippen LogP contribution in [0, 0.1) is 11.3 Å². The predicted molar refractivity (Wildman–Crippen MR) is 78.6 cm³/mol. The number of esters is 2. The van der Waals surface area contributed by atoms with Gasteiger partial charge in [0.25, 0.3) is 0 Å². The van der Waals surface area contributed by atoms with E-state index in [-0.39, 0.29) is 25.0 Å². The van der Waals surface area contributed by atoms with Gasteiger partial charge in [0.05, 0.1) is 13.2 Å². The standard InChI is InChI=1S/C17H20O4/c1-4-13-14(12-10-8-7-9-11-12)17(13,15(18)20-5-2)16(19)21-6-3/h4,7-11,13-14H,1,5-6H2,2-3H3/t13-,14-/m1/s1. The molecule has 0 saturated heterocycles. The minimum atomic E-state index is -1.28. The lowest BCUT2D eigenvalue weighted by atomic mass is 9.98. The molecule has 0 spiro atoms. The maximum absolute atomic E-state index is 12.4. The molecule has 0 aromatic heterocycles. The van der Waals surface area contributed by atoms with E-state index in [0.717, 1.165) is 5.56 Å². The van der Waals surface area contributed by atoms with Crippen molar-refractivity contribution >= 4 is 11.9 Å². The van der Waals surface area contributed by atoms with E-state index < -0.39 is 17.4 Å². The van der Waals surface area contributed by atoms with E-state index in [4.69, 9.17) is 9.47 Å². The molecule has 0 bridgehead atoms. The number of allylic oxidation sites excluding steroid dienone is 1. The molecule has 0 unspecified atom stereocenters. The van der Waals surface area contributed by atoms with Crippen LogP contribution in [0.3, 0.4) is 0 Å². The fourth-order valence-electron chi connectivity index (χ4n) is 2.98. The summed E-state index contributed by atoms with van der Waals surface area (Å²) < 4.78 is 10.3. The Morgan fingerprint density at radius 1 is 1.14 bits per heavy atom. The van der Waals surface area contributed by atoms with Crippen LogP contribution in [0.15, 0.2) is 43.0 Å². The molecule has 112 valence electrons. The van der Waals surface area contributed by atoms with Gasteiger partial charge in [0.2, 0.25) is 0 Å². The Morgan fingerprint density at radius 3 is 2.10 bits per heavy atom. The summed E-state index contributed by atoms with van der Waals surface area (Å²) in [5, 5.41) is 0. The highest BCUT2D eigenvalue weighted by Gasteiger charge is 2.75. The topological polar surface area (TPSA) is 52.6 Å². The summed E-state index contributed by atoms with van der Waals surface area (Å²) in [4.78, 5) is 24.9. The number of hydrogen-bond donors (Lipinski definition) is 0. The summed E-state index contributed by atoms with van der Waals surface area (Å²) in [5.74, 6) is -1.61. The summed E-state index contributed by atoms with van der Waals surface area (Å²) in [6, 6.07) is 9.47. The van der Waals surface area contributed by atoms with Crippen LogP contribution >= 0.6 is 0 Å². The van der Waals surface area contributed by atoms with Crippen LogP contribution in [-0.2, 0) is 19.1 Å². The summed E-state index contributed by atoms with van der Waals surface area (Å²) in [6.07, 6.45) is 1.64. The normalized spacial score (nSPS) is 22.2. The zero-order valence-electron chi connectivity index (χ0n) is 12.4. The van der Waals surface area contributed by atoms with Crippen LogP contribution in [0.25, 0.3) is 0 Å². The first-order valence-electron chi connectivity index (χ1n) is 7.16. The first kappa shape index (κ1) is 15.3. The minimum Gasteiger partial charge on any atom is -0.465 e. The molecule has 0 N–H and O–H groups in total. The highest BCUT2D eigenvalue weighted by atomic mass is 16.6. The molecule has 1 saturated carbocycles. The summed E-state index contributed by atoms with van der Waals surface area (Å²) in [7, 11) is 0. The van der Waals surface area contributed by atoms with Gasteiger partial charge in [0, 0.05) is 11.8 Å². The highest BCUT2D eigenvalue weighted by molar-refractivity contribution is 6.06. The minimum absolute atomic E-state index is 0.228. The fraction of sp³-hybridized carbons (Fsp3) is 0.412. The van der Waals surface area contributed by atoms with Crippen LogP contribution < -0.4 is 0 Å². The number of carbonyl (C=O) groups excluding carboxylic acids is 2. The van der Waals surface area contributed by atoms with Crippen LogP contribution in [0.1, 0.15) is 25.3 Å². The second kappa shape index (κ2) is 6.12. The summed E-state index contributed by atoms with van der Waals surface area (Å²) in [5.41, 5.74) is -0.363. The van der Waals surface area contributed by atoms with Gasteiger partial charge in [-0.3, -0.25) is 9.59 Å². The first-order chi connectivity index (χ1) is 10.1. The third-order valence-corrected chi connectivity index (χ3v) is 3.91. The Bertz CT molecular complexity index is 517. The lowest BCUT2D eigenvalue weighted by Gasteiger charge is -2.15. The van der Waals surface area contributed by atoms with Gasteiger partial charge in [0.1, 0.15) is 0 Å². The van der Waals surface area contributed by atoms with Crippen LogP contribution in [-0.4, -0.2) is 25.2 Å². The number of ether oxygens (including phenoxy) is 2. The van der Waals surface area contributed by atoms with Crippen molar-refractivity contribution in [2.75, 3.05) is 13.2 Å². The lowest BCUT2D eigenvalue weighted by molar-refractivity contribution is -0.165. The van der Waals surface area contributed by atoms with Gasteiger partial charge < -0.3 is 9.47 Å². The third kappa shape index (κ3) is 2.35. The molecule has 4 heteroatoms. The largest absolute Gasteiger partial charge is 0.465 e. The molecule has 1 aromatic carbocycles. The van der Waals surface area contributed by atoms with Crippen molar-refractivity contribution in [3.63, 3.8) is 0 Å². The van der Waals surface area contributed by atoms with Crippen molar-refractivity contribution in [2.45, 2.75) is 19.8 Å². The van der Waals surface area contributed by atoms with Crippen molar-refractivity contribution in [2.24, 2.45) is 11.3 Å². The highest BCUT2D eigenvalue weighted by Crippen LogP contribution is 2.66. The molecule has 0 amide bonds. The second-order valence-corrected chi connectivity index (χ2v) is 4.96. The van der Waals surface area contributed by atoms with E-state index in [2.05, 4.69) is 6.58 Å². The quantitative estimate of drug-likeness (QED) is 0.459. The van der Waals surface area contributed by atoms with Gasteiger partial charge in [0.15, 0.2) is 5.41 Å². The van der Waals surface area contributed by atoms with Gasteiger partial charge >= 0.3 is 11.9 Å². The van der Waals surface area contributed by atoms with Gasteiger partial charge in [-0.15, -0.1) is 6.58 Å². The zero-order valence-corrected chi connectivity index (χ0v) is 12.4. The van der Waals surface area contributed by atoms with E-state index in [0.29, 0.717) is 0 Å². The Labute approximate surface area is 124 Å². The van der Waals surface area contributed by atoms with Gasteiger partial charge in [-0.1, -0.05) is 36.4 Å². The number of hydrogen-bond acceptors (Lipinski definition) is 4. The summed E-state index contributed by atoms with van der Waals surface area (Å²) in [6.45, 7) is 7.66. The van der Waals surface area contributed by atoms with Crippen molar-refractivity contribution in [1.29, 1.82) is 0 Å². The Hall–Kier alpha value is -2.10. The van der Waals surface area contributed by atoms with Gasteiger partial charge in [-0.05, 0) is 19.4 Å². The molecule has 2 atom stereocenters. The van der Waals surface area contributed by atoms with E-state index in [9.17, 15) is 9.59 Å². The van der Waals surface area contributed by atoms with Gasteiger partial charge in [-0.25, -0.2) is 0 Å². The predicted octanol–water partition coefficient (Wildman–Crippen LogP) is 2.70. The van der Waals surface area contributed by atoms with Crippen molar-refractivity contribution in [1.82, 2.24) is 0 Å². The number of carbonyl (C=O) groups is 2. The van der Waals surface area contributed by atoms with Crippen LogP contribution in [0.4, 0.5) is 0 Å².